The molecular weight excluding hydrogens is 328 g/mol. The molecule has 2 unspecified atom stereocenters. The first kappa shape index (κ1) is 21.6. The Hall–Kier alpha value is -1.44. The molecule has 116 valence electrons. The van der Waals surface area contributed by atoms with Gasteiger partial charge in [0.25, 0.3) is 0 Å². The van der Waals surface area contributed by atoms with Crippen molar-refractivity contribution >= 4 is 49.7 Å². The maximum absolute atomic E-state index is 10.1. The smallest absolute Gasteiger partial charge is 0.547 e. The summed E-state index contributed by atoms with van der Waals surface area (Å²) in [6.07, 6.45) is -3.03. The number of carbonyl (C=O) groups excluding carboxylic acids is 2. The molecule has 0 bridgehead atoms. The monoisotopic (exact) mass is 342 g/mol. The molecule has 0 spiro atoms. The zero-order valence-corrected chi connectivity index (χ0v) is 14.4. The Bertz CT molecular complexity index is 547. The van der Waals surface area contributed by atoms with Crippen molar-refractivity contribution in [2.75, 3.05) is 0 Å². The van der Waals surface area contributed by atoms with E-state index in [1.54, 1.807) is 36.4 Å². The van der Waals surface area contributed by atoms with Gasteiger partial charge in [0.2, 0.25) is 0 Å². The van der Waals surface area contributed by atoms with Crippen molar-refractivity contribution in [1.82, 2.24) is 0 Å². The Morgan fingerprint density at radius 3 is 1.17 bits per heavy atom. The van der Waals surface area contributed by atoms with Crippen LogP contribution in [0.3, 0.4) is 0 Å². The Morgan fingerprint density at radius 1 is 0.696 bits per heavy atom. The second kappa shape index (κ2) is 11.2. The van der Waals surface area contributed by atoms with Crippen LogP contribution in [0.2, 0.25) is 0 Å². The van der Waals surface area contributed by atoms with Crippen LogP contribution in [0.15, 0.2) is 60.7 Å². The number of hydrogen-bond donors (Lipinski definition) is 2. The summed E-state index contributed by atoms with van der Waals surface area (Å²) in [6.45, 7) is 0. The second-order valence-electron chi connectivity index (χ2n) is 4.26. The molecule has 2 N–H and O–H groups in total. The average molecular weight is 342 g/mol. The number of benzene rings is 2. The van der Waals surface area contributed by atoms with Gasteiger partial charge in [-0.15, -0.1) is 0 Å². The first-order valence-electron chi connectivity index (χ1n) is 6.31. The number of aliphatic hydroxyl groups excluding tert-OH is 2. The van der Waals surface area contributed by atoms with E-state index in [0.717, 1.165) is 0 Å². The van der Waals surface area contributed by atoms with E-state index < -0.39 is 24.1 Å². The summed E-state index contributed by atoms with van der Waals surface area (Å²) in [4.78, 5) is 20.3. The molecule has 0 radical (unpaired) electrons. The fourth-order valence-electron chi connectivity index (χ4n) is 1.54. The molecule has 0 fully saturated rings. The number of hydrogen-bond acceptors (Lipinski definition) is 6. The number of carbonyl (C=O) groups is 2. The van der Waals surface area contributed by atoms with Crippen LogP contribution in [0.5, 0.6) is 0 Å². The first-order chi connectivity index (χ1) is 10.4. The van der Waals surface area contributed by atoms with E-state index in [9.17, 15) is 19.8 Å². The number of rotatable bonds is 4. The molecule has 0 aliphatic carbocycles. The first-order valence-corrected chi connectivity index (χ1v) is 6.31. The Kier molecular flexibility index (Phi) is 10.5. The fourth-order valence-corrected chi connectivity index (χ4v) is 1.54. The van der Waals surface area contributed by atoms with E-state index in [-0.39, 0.29) is 37.7 Å². The molecule has 0 amide bonds. The molecule has 2 aromatic carbocycles. The van der Waals surface area contributed by atoms with Gasteiger partial charge in [-0.1, -0.05) is 60.7 Å². The molecule has 0 heterocycles. The molecule has 2 atom stereocenters. The minimum absolute atomic E-state index is 0. The van der Waals surface area contributed by atoms with Gasteiger partial charge in [-0.2, -0.15) is 0 Å². The SMILES string of the molecule is O=C([O-])C(O)c1ccccc1.O=C([O-])C(O)c1ccccc1.[Ca+2]. The molecule has 2 aromatic rings. The molecule has 0 aliphatic heterocycles. The quantitative estimate of drug-likeness (QED) is 0.657. The number of aliphatic hydroxyl groups is 2. The topological polar surface area (TPSA) is 121 Å². The van der Waals surface area contributed by atoms with Gasteiger partial charge in [-0.05, 0) is 11.1 Å². The third-order valence-electron chi connectivity index (χ3n) is 2.68. The second-order valence-corrected chi connectivity index (χ2v) is 4.26. The van der Waals surface area contributed by atoms with Gasteiger partial charge in [0, 0.05) is 0 Å². The van der Waals surface area contributed by atoms with Crippen LogP contribution in [-0.4, -0.2) is 59.9 Å². The summed E-state index contributed by atoms with van der Waals surface area (Å²) in [7, 11) is 0. The predicted octanol–water partition coefficient (Wildman–Crippen LogP) is -1.44. The number of carboxylic acids is 2. The molecule has 0 saturated heterocycles. The maximum atomic E-state index is 10.1. The summed E-state index contributed by atoms with van der Waals surface area (Å²) >= 11 is 0. The van der Waals surface area contributed by atoms with Gasteiger partial charge in [0.15, 0.2) is 0 Å². The van der Waals surface area contributed by atoms with Gasteiger partial charge >= 0.3 is 37.7 Å². The van der Waals surface area contributed by atoms with Crippen LogP contribution in [0, 0.1) is 0 Å². The van der Waals surface area contributed by atoms with Crippen molar-refractivity contribution < 1.29 is 30.0 Å². The van der Waals surface area contributed by atoms with Gasteiger partial charge < -0.3 is 30.0 Å². The third kappa shape index (κ3) is 7.58. The van der Waals surface area contributed by atoms with Crippen LogP contribution >= 0.6 is 0 Å². The van der Waals surface area contributed by atoms with Crippen LogP contribution in [0.25, 0.3) is 0 Å². The van der Waals surface area contributed by atoms with Crippen molar-refractivity contribution in [1.29, 1.82) is 0 Å². The van der Waals surface area contributed by atoms with E-state index in [2.05, 4.69) is 0 Å². The van der Waals surface area contributed by atoms with Gasteiger partial charge in [0.05, 0.1) is 11.9 Å². The molecule has 0 aliphatic rings. The molecule has 2 rings (SSSR count). The predicted molar refractivity (Wildman–Crippen MR) is 78.6 cm³/mol. The van der Waals surface area contributed by atoms with E-state index in [1.807, 2.05) is 0 Å². The van der Waals surface area contributed by atoms with E-state index in [1.165, 1.54) is 24.3 Å². The maximum Gasteiger partial charge on any atom is 2.00 e. The van der Waals surface area contributed by atoms with E-state index >= 15 is 0 Å². The average Bonchev–Trinajstić information content (AvgIpc) is 2.55. The summed E-state index contributed by atoms with van der Waals surface area (Å²) in [5, 5.41) is 38.1. The Morgan fingerprint density at radius 2 is 0.957 bits per heavy atom. The zero-order chi connectivity index (χ0) is 16.5. The van der Waals surface area contributed by atoms with Gasteiger partial charge in [-0.3, -0.25) is 0 Å². The summed E-state index contributed by atoms with van der Waals surface area (Å²) in [5.41, 5.74) is 0.681. The largest absolute Gasteiger partial charge is 2.00 e. The molecule has 0 saturated carbocycles. The van der Waals surface area contributed by atoms with Crippen molar-refractivity contribution in [3.8, 4) is 0 Å². The van der Waals surface area contributed by atoms with Crippen molar-refractivity contribution in [3.05, 3.63) is 71.8 Å². The van der Waals surface area contributed by atoms with Crippen LogP contribution in [0.1, 0.15) is 23.3 Å². The van der Waals surface area contributed by atoms with Crippen LogP contribution in [0.4, 0.5) is 0 Å². The van der Waals surface area contributed by atoms with Crippen LogP contribution < -0.4 is 10.2 Å². The Labute approximate surface area is 163 Å². The van der Waals surface area contributed by atoms with E-state index in [0.29, 0.717) is 11.1 Å². The minimum atomic E-state index is -1.52. The Balaban J connectivity index is 0.000000403. The van der Waals surface area contributed by atoms with Gasteiger partial charge in [0.1, 0.15) is 12.2 Å². The summed E-state index contributed by atoms with van der Waals surface area (Å²) in [5.74, 6) is -2.95. The van der Waals surface area contributed by atoms with Gasteiger partial charge in [-0.25, -0.2) is 0 Å². The molecule has 7 heteroatoms. The molecule has 6 nitrogen and oxygen atoms in total. The van der Waals surface area contributed by atoms with E-state index in [4.69, 9.17) is 10.2 Å². The van der Waals surface area contributed by atoms with Crippen LogP contribution in [-0.2, 0) is 9.59 Å². The normalized spacial score (nSPS) is 11.9. The third-order valence-corrected chi connectivity index (χ3v) is 2.68. The van der Waals surface area contributed by atoms with Crippen molar-refractivity contribution in [2.24, 2.45) is 0 Å². The molecule has 0 aromatic heterocycles. The molecular formula is C16H14CaO6. The minimum Gasteiger partial charge on any atom is -0.547 e. The number of carboxylic acid groups (broad SMARTS) is 2. The van der Waals surface area contributed by atoms with Crippen molar-refractivity contribution in [3.63, 3.8) is 0 Å². The standard InChI is InChI=1S/2C8H8O3.Ca/c2*9-7(8(10)11)6-4-2-1-3-5-6;/h2*1-5,7,9H,(H,10,11);/q;;+2/p-2. The fraction of sp³-hybridized carbons (Fsp3) is 0.125. The molecule has 23 heavy (non-hydrogen) atoms. The zero-order valence-electron chi connectivity index (χ0n) is 12.2. The summed E-state index contributed by atoms with van der Waals surface area (Å²) in [6, 6.07) is 16.2. The summed E-state index contributed by atoms with van der Waals surface area (Å²) < 4.78 is 0. The van der Waals surface area contributed by atoms with Crippen molar-refractivity contribution in [2.45, 2.75) is 12.2 Å². The number of aliphatic carboxylic acids is 2.